The Hall–Kier alpha value is -3.39. The Bertz CT molecular complexity index is 1010. The predicted octanol–water partition coefficient (Wildman–Crippen LogP) is 2.51. The molecule has 0 atom stereocenters. The minimum absolute atomic E-state index is 0.0484. The van der Waals surface area contributed by atoms with Crippen LogP contribution in [-0.2, 0) is 11.3 Å². The first kappa shape index (κ1) is 18.0. The summed E-state index contributed by atoms with van der Waals surface area (Å²) in [6, 6.07) is 10.4. The lowest BCUT2D eigenvalue weighted by molar-refractivity contribution is -0.121. The maximum absolute atomic E-state index is 12.3. The average Bonchev–Trinajstić information content (AvgIpc) is 3.30. The highest BCUT2D eigenvalue weighted by atomic mass is 32.1. The van der Waals surface area contributed by atoms with Gasteiger partial charge in [-0.15, -0.1) is 11.3 Å². The van der Waals surface area contributed by atoms with Gasteiger partial charge in [0.2, 0.25) is 5.91 Å². The van der Waals surface area contributed by atoms with Gasteiger partial charge in [-0.25, -0.2) is 4.98 Å². The molecular formula is C20H16N4O3S. The zero-order valence-corrected chi connectivity index (χ0v) is 15.6. The van der Waals surface area contributed by atoms with E-state index in [0.29, 0.717) is 17.7 Å². The summed E-state index contributed by atoms with van der Waals surface area (Å²) in [4.78, 5) is 46.3. The second-order valence-electron chi connectivity index (χ2n) is 6.21. The highest BCUT2D eigenvalue weighted by molar-refractivity contribution is 7.13. The van der Waals surface area contributed by atoms with Crippen molar-refractivity contribution in [2.75, 3.05) is 6.54 Å². The Morgan fingerprint density at radius 1 is 1.04 bits per heavy atom. The quantitative estimate of drug-likeness (QED) is 0.651. The van der Waals surface area contributed by atoms with Crippen LogP contribution >= 0.6 is 11.3 Å². The van der Waals surface area contributed by atoms with Gasteiger partial charge in [-0.3, -0.25) is 24.3 Å². The van der Waals surface area contributed by atoms with Crippen LogP contribution in [0.2, 0.25) is 0 Å². The summed E-state index contributed by atoms with van der Waals surface area (Å²) in [5.41, 5.74) is 2.51. The molecule has 3 aromatic rings. The van der Waals surface area contributed by atoms with Crippen molar-refractivity contribution in [1.82, 2.24) is 20.2 Å². The van der Waals surface area contributed by atoms with Crippen molar-refractivity contribution >= 4 is 29.1 Å². The van der Waals surface area contributed by atoms with E-state index in [-0.39, 0.29) is 30.7 Å². The Balaban J connectivity index is 1.30. The minimum atomic E-state index is -0.352. The van der Waals surface area contributed by atoms with Gasteiger partial charge in [0.15, 0.2) is 0 Å². The van der Waals surface area contributed by atoms with Crippen LogP contribution in [0.3, 0.4) is 0 Å². The van der Waals surface area contributed by atoms with E-state index in [1.807, 2.05) is 17.5 Å². The predicted molar refractivity (Wildman–Crippen MR) is 104 cm³/mol. The van der Waals surface area contributed by atoms with Gasteiger partial charge in [0.25, 0.3) is 11.8 Å². The van der Waals surface area contributed by atoms with E-state index in [1.165, 1.54) is 11.3 Å². The van der Waals surface area contributed by atoms with Crippen molar-refractivity contribution in [3.05, 3.63) is 71.0 Å². The molecule has 0 saturated heterocycles. The zero-order valence-electron chi connectivity index (χ0n) is 14.8. The average molecular weight is 392 g/mol. The first-order chi connectivity index (χ1) is 13.6. The first-order valence-electron chi connectivity index (χ1n) is 8.70. The molecule has 1 aliphatic heterocycles. The number of carbonyl (C=O) groups excluding carboxylic acids is 3. The summed E-state index contributed by atoms with van der Waals surface area (Å²) >= 11 is 1.49. The van der Waals surface area contributed by atoms with Crippen LogP contribution in [0.15, 0.2) is 54.2 Å². The van der Waals surface area contributed by atoms with E-state index in [1.54, 1.807) is 36.7 Å². The normalized spacial score (nSPS) is 12.9. The van der Waals surface area contributed by atoms with E-state index >= 15 is 0 Å². The van der Waals surface area contributed by atoms with Crippen molar-refractivity contribution in [3.63, 3.8) is 0 Å². The van der Waals surface area contributed by atoms with Crippen LogP contribution in [0, 0.1) is 0 Å². The fraction of sp³-hybridized carbons (Fsp3) is 0.150. The Morgan fingerprint density at radius 3 is 2.39 bits per heavy atom. The second kappa shape index (κ2) is 7.69. The molecule has 2 aromatic heterocycles. The molecule has 1 aliphatic rings. The number of nitrogens with zero attached hydrogens (tertiary/aromatic N) is 3. The molecule has 3 heterocycles. The number of pyridine rings is 1. The molecule has 0 saturated carbocycles. The molecule has 0 unspecified atom stereocenters. The molecule has 28 heavy (non-hydrogen) atoms. The van der Waals surface area contributed by atoms with Crippen LogP contribution in [0.25, 0.3) is 10.6 Å². The van der Waals surface area contributed by atoms with Gasteiger partial charge in [-0.1, -0.05) is 12.1 Å². The Morgan fingerprint density at radius 2 is 1.71 bits per heavy atom. The number of carbonyl (C=O) groups is 3. The molecule has 0 bridgehead atoms. The maximum atomic E-state index is 12.3. The number of hydrogen-bond acceptors (Lipinski definition) is 6. The van der Waals surface area contributed by atoms with Crippen molar-refractivity contribution in [2.45, 2.75) is 13.0 Å². The highest BCUT2D eigenvalue weighted by Gasteiger charge is 2.34. The van der Waals surface area contributed by atoms with E-state index in [2.05, 4.69) is 15.3 Å². The molecule has 0 spiro atoms. The van der Waals surface area contributed by atoms with E-state index in [9.17, 15) is 14.4 Å². The summed E-state index contributed by atoms with van der Waals surface area (Å²) in [5.74, 6) is -0.945. The van der Waals surface area contributed by atoms with Crippen LogP contribution < -0.4 is 5.32 Å². The first-order valence-corrected chi connectivity index (χ1v) is 9.58. The van der Waals surface area contributed by atoms with E-state index in [0.717, 1.165) is 21.2 Å². The summed E-state index contributed by atoms with van der Waals surface area (Å²) in [6.07, 6.45) is 3.46. The van der Waals surface area contributed by atoms with Crippen molar-refractivity contribution in [1.29, 1.82) is 0 Å². The highest BCUT2D eigenvalue weighted by Crippen LogP contribution is 2.23. The molecule has 4 rings (SSSR count). The number of benzene rings is 1. The lowest BCUT2D eigenvalue weighted by Gasteiger charge is -2.13. The van der Waals surface area contributed by atoms with Crippen molar-refractivity contribution < 1.29 is 14.4 Å². The molecule has 0 aliphatic carbocycles. The van der Waals surface area contributed by atoms with Gasteiger partial charge < -0.3 is 5.32 Å². The standard InChI is InChI=1S/C20H16N4O3S/c25-17(7-10-24-19(26)15-3-1-2-4-16(15)20(24)27)22-11-14-12-28-18(23-14)13-5-8-21-9-6-13/h1-6,8-9,12H,7,10-11H2,(H,22,25). The number of thiazole rings is 1. The van der Waals surface area contributed by atoms with Crippen LogP contribution in [-0.4, -0.2) is 39.1 Å². The molecular weight excluding hydrogens is 376 g/mol. The third-order valence-corrected chi connectivity index (χ3v) is 5.33. The zero-order chi connectivity index (χ0) is 19.5. The summed E-state index contributed by atoms with van der Waals surface area (Å²) in [5, 5.41) is 5.53. The largest absolute Gasteiger partial charge is 0.350 e. The lowest BCUT2D eigenvalue weighted by atomic mass is 10.1. The molecule has 8 heteroatoms. The molecule has 7 nitrogen and oxygen atoms in total. The fourth-order valence-electron chi connectivity index (χ4n) is 2.95. The third-order valence-electron chi connectivity index (χ3n) is 4.39. The number of nitrogens with one attached hydrogen (secondary N) is 1. The minimum Gasteiger partial charge on any atom is -0.350 e. The van der Waals surface area contributed by atoms with Crippen LogP contribution in [0.5, 0.6) is 0 Å². The number of fused-ring (bicyclic) bond motifs is 1. The molecule has 0 fully saturated rings. The van der Waals surface area contributed by atoms with Crippen molar-refractivity contribution in [2.24, 2.45) is 0 Å². The maximum Gasteiger partial charge on any atom is 0.261 e. The lowest BCUT2D eigenvalue weighted by Crippen LogP contribution is -2.34. The fourth-order valence-corrected chi connectivity index (χ4v) is 3.77. The summed E-state index contributed by atoms with van der Waals surface area (Å²) in [6.45, 7) is 0.347. The second-order valence-corrected chi connectivity index (χ2v) is 7.07. The summed E-state index contributed by atoms with van der Waals surface area (Å²) < 4.78 is 0. The van der Waals surface area contributed by atoms with Gasteiger partial charge >= 0.3 is 0 Å². The molecule has 1 N–H and O–H groups in total. The number of hydrogen-bond donors (Lipinski definition) is 1. The van der Waals surface area contributed by atoms with Gasteiger partial charge in [0.1, 0.15) is 5.01 Å². The topological polar surface area (TPSA) is 92.3 Å². The third kappa shape index (κ3) is 3.54. The van der Waals surface area contributed by atoms with E-state index in [4.69, 9.17) is 0 Å². The molecule has 1 aromatic carbocycles. The van der Waals surface area contributed by atoms with E-state index < -0.39 is 0 Å². The molecule has 3 amide bonds. The Kier molecular flexibility index (Phi) is 4.94. The van der Waals surface area contributed by atoms with Gasteiger partial charge in [-0.05, 0) is 24.3 Å². The van der Waals surface area contributed by atoms with Gasteiger partial charge in [0, 0.05) is 36.3 Å². The SMILES string of the molecule is O=C(CCN1C(=O)c2ccccc2C1=O)NCc1csc(-c2ccncc2)n1. The smallest absolute Gasteiger partial charge is 0.261 e. The van der Waals surface area contributed by atoms with Crippen molar-refractivity contribution in [3.8, 4) is 10.6 Å². The monoisotopic (exact) mass is 392 g/mol. The number of amides is 3. The molecule has 0 radical (unpaired) electrons. The van der Waals surface area contributed by atoms with Gasteiger partial charge in [0.05, 0.1) is 23.4 Å². The molecule has 140 valence electrons. The summed E-state index contributed by atoms with van der Waals surface area (Å²) in [7, 11) is 0. The number of imide groups is 1. The van der Waals surface area contributed by atoms with Crippen LogP contribution in [0.4, 0.5) is 0 Å². The van der Waals surface area contributed by atoms with Gasteiger partial charge in [-0.2, -0.15) is 0 Å². The number of aromatic nitrogens is 2. The van der Waals surface area contributed by atoms with Crippen LogP contribution in [0.1, 0.15) is 32.8 Å². The number of rotatable bonds is 6. The Labute approximate surface area is 165 Å².